The summed E-state index contributed by atoms with van der Waals surface area (Å²) in [7, 11) is 0. The Hall–Kier alpha value is -1.68. The summed E-state index contributed by atoms with van der Waals surface area (Å²) in [5, 5.41) is 4.46. The molecular weight excluding hydrogens is 236 g/mol. The summed E-state index contributed by atoms with van der Waals surface area (Å²) in [6.07, 6.45) is 0.803. The topological polar surface area (TPSA) is 56.7 Å². The minimum absolute atomic E-state index is 0.0122. The molecule has 19 heavy (non-hydrogen) atoms. The number of nitrogens with zero attached hydrogens (tertiary/aromatic N) is 3. The van der Waals surface area contributed by atoms with Crippen LogP contribution in [0.2, 0.25) is 0 Å². The molecule has 0 aliphatic rings. The maximum Gasteiger partial charge on any atom is 0.0596 e. The first-order chi connectivity index (χ1) is 8.99. The van der Waals surface area contributed by atoms with Gasteiger partial charge in [-0.1, -0.05) is 0 Å². The summed E-state index contributed by atoms with van der Waals surface area (Å²) in [6, 6.07) is 6.24. The zero-order valence-electron chi connectivity index (χ0n) is 12.1. The molecule has 0 saturated carbocycles. The van der Waals surface area contributed by atoms with Crippen LogP contribution in [-0.2, 0) is 13.0 Å². The molecule has 0 radical (unpaired) electrons. The zero-order valence-corrected chi connectivity index (χ0v) is 12.1. The quantitative estimate of drug-likeness (QED) is 0.916. The van der Waals surface area contributed by atoms with Gasteiger partial charge in [-0.15, -0.1) is 0 Å². The molecular formula is C15H22N4. The van der Waals surface area contributed by atoms with Gasteiger partial charge < -0.3 is 5.73 Å². The summed E-state index contributed by atoms with van der Waals surface area (Å²) in [4.78, 5) is 4.39. The number of pyridine rings is 1. The standard InChI is InChI=1S/C15H22N4/c1-5-19-14(8-12(4)18-19)9-15(16)13-6-10(2)17-11(3)7-13/h6-8,15H,5,9,16H2,1-4H3. The average molecular weight is 258 g/mol. The SMILES string of the molecule is CCn1nc(C)cc1CC(N)c1cc(C)nc(C)c1. The first-order valence-electron chi connectivity index (χ1n) is 6.73. The van der Waals surface area contributed by atoms with Crippen molar-refractivity contribution in [2.24, 2.45) is 5.73 Å². The number of rotatable bonds is 4. The molecule has 1 unspecified atom stereocenters. The van der Waals surface area contributed by atoms with Gasteiger partial charge >= 0.3 is 0 Å². The van der Waals surface area contributed by atoms with Crippen molar-refractivity contribution in [2.45, 2.75) is 46.7 Å². The Balaban J connectivity index is 2.22. The molecule has 0 aromatic carbocycles. The number of hydrogen-bond acceptors (Lipinski definition) is 3. The molecule has 2 aromatic heterocycles. The smallest absolute Gasteiger partial charge is 0.0596 e. The minimum Gasteiger partial charge on any atom is -0.324 e. The van der Waals surface area contributed by atoms with Crippen molar-refractivity contribution in [3.05, 3.63) is 46.5 Å². The third-order valence-corrected chi connectivity index (χ3v) is 3.25. The number of hydrogen-bond donors (Lipinski definition) is 1. The Kier molecular flexibility index (Phi) is 4.00. The largest absolute Gasteiger partial charge is 0.324 e. The fourth-order valence-corrected chi connectivity index (χ4v) is 2.46. The molecule has 2 N–H and O–H groups in total. The lowest BCUT2D eigenvalue weighted by Crippen LogP contribution is -2.16. The van der Waals surface area contributed by atoms with Crippen LogP contribution in [0.25, 0.3) is 0 Å². The molecule has 0 aliphatic carbocycles. The van der Waals surface area contributed by atoms with Crippen molar-refractivity contribution < 1.29 is 0 Å². The van der Waals surface area contributed by atoms with Gasteiger partial charge in [-0.3, -0.25) is 9.67 Å². The number of nitrogens with two attached hydrogens (primary N) is 1. The maximum absolute atomic E-state index is 6.33. The van der Waals surface area contributed by atoms with E-state index in [1.165, 1.54) is 5.69 Å². The van der Waals surface area contributed by atoms with Crippen molar-refractivity contribution in [3.63, 3.8) is 0 Å². The van der Waals surface area contributed by atoms with Gasteiger partial charge in [0.05, 0.1) is 5.69 Å². The van der Waals surface area contributed by atoms with E-state index in [1.54, 1.807) is 0 Å². The van der Waals surface area contributed by atoms with E-state index in [4.69, 9.17) is 5.73 Å². The highest BCUT2D eigenvalue weighted by atomic mass is 15.3. The van der Waals surface area contributed by atoms with Crippen molar-refractivity contribution in [3.8, 4) is 0 Å². The van der Waals surface area contributed by atoms with Crippen LogP contribution >= 0.6 is 0 Å². The van der Waals surface area contributed by atoms with E-state index < -0.39 is 0 Å². The molecule has 0 spiro atoms. The highest BCUT2D eigenvalue weighted by molar-refractivity contribution is 5.25. The second-order valence-electron chi connectivity index (χ2n) is 5.09. The van der Waals surface area contributed by atoms with E-state index in [0.29, 0.717) is 0 Å². The van der Waals surface area contributed by atoms with Crippen LogP contribution in [0.1, 0.15) is 41.3 Å². The second-order valence-corrected chi connectivity index (χ2v) is 5.09. The van der Waals surface area contributed by atoms with E-state index in [-0.39, 0.29) is 6.04 Å². The molecule has 4 heteroatoms. The maximum atomic E-state index is 6.33. The van der Waals surface area contributed by atoms with Crippen molar-refractivity contribution in [2.75, 3.05) is 0 Å². The molecule has 0 fully saturated rings. The van der Waals surface area contributed by atoms with Crippen LogP contribution in [0.5, 0.6) is 0 Å². The van der Waals surface area contributed by atoms with Crippen molar-refractivity contribution in [1.29, 1.82) is 0 Å². The fraction of sp³-hybridized carbons (Fsp3) is 0.467. The van der Waals surface area contributed by atoms with E-state index in [9.17, 15) is 0 Å². The lowest BCUT2D eigenvalue weighted by molar-refractivity contribution is 0.587. The van der Waals surface area contributed by atoms with Gasteiger partial charge in [0.2, 0.25) is 0 Å². The molecule has 2 aromatic rings. The Morgan fingerprint density at radius 2 is 1.74 bits per heavy atom. The average Bonchev–Trinajstić information content (AvgIpc) is 2.68. The first-order valence-corrected chi connectivity index (χ1v) is 6.73. The van der Waals surface area contributed by atoms with Crippen LogP contribution in [0.3, 0.4) is 0 Å². The Bertz CT molecular complexity index is 551. The summed E-state index contributed by atoms with van der Waals surface area (Å²) in [5.41, 5.74) is 11.8. The van der Waals surface area contributed by atoms with Gasteiger partial charge in [0.25, 0.3) is 0 Å². The van der Waals surface area contributed by atoms with Gasteiger partial charge in [0.15, 0.2) is 0 Å². The molecule has 0 amide bonds. The van der Waals surface area contributed by atoms with Gasteiger partial charge in [0.1, 0.15) is 0 Å². The van der Waals surface area contributed by atoms with Crippen LogP contribution in [0.4, 0.5) is 0 Å². The monoisotopic (exact) mass is 258 g/mol. The van der Waals surface area contributed by atoms with Gasteiger partial charge in [-0.2, -0.15) is 5.10 Å². The number of aromatic nitrogens is 3. The third kappa shape index (κ3) is 3.20. The Morgan fingerprint density at radius 3 is 2.32 bits per heavy atom. The lowest BCUT2D eigenvalue weighted by Gasteiger charge is -2.14. The van der Waals surface area contributed by atoms with Crippen LogP contribution in [-0.4, -0.2) is 14.8 Å². The fourth-order valence-electron chi connectivity index (χ4n) is 2.46. The van der Waals surface area contributed by atoms with Gasteiger partial charge in [-0.25, -0.2) is 0 Å². The van der Waals surface area contributed by atoms with E-state index in [2.05, 4.69) is 35.2 Å². The molecule has 0 aliphatic heterocycles. The van der Waals surface area contributed by atoms with Crippen LogP contribution in [0, 0.1) is 20.8 Å². The molecule has 102 valence electrons. The van der Waals surface area contributed by atoms with Gasteiger partial charge in [-0.05, 0) is 51.5 Å². The third-order valence-electron chi connectivity index (χ3n) is 3.25. The highest BCUT2D eigenvalue weighted by Crippen LogP contribution is 2.18. The normalized spacial score (nSPS) is 12.7. The van der Waals surface area contributed by atoms with E-state index in [0.717, 1.165) is 35.6 Å². The second kappa shape index (κ2) is 5.53. The minimum atomic E-state index is -0.0122. The molecule has 2 rings (SSSR count). The molecule has 2 heterocycles. The Labute approximate surface area is 114 Å². The molecule has 0 bridgehead atoms. The predicted octanol–water partition coefficient (Wildman–Crippen LogP) is 2.47. The van der Waals surface area contributed by atoms with Crippen molar-refractivity contribution >= 4 is 0 Å². The van der Waals surface area contributed by atoms with E-state index in [1.807, 2.05) is 25.5 Å². The highest BCUT2D eigenvalue weighted by Gasteiger charge is 2.12. The lowest BCUT2D eigenvalue weighted by atomic mass is 10.0. The zero-order chi connectivity index (χ0) is 14.0. The Morgan fingerprint density at radius 1 is 1.11 bits per heavy atom. The van der Waals surface area contributed by atoms with Crippen LogP contribution in [0.15, 0.2) is 18.2 Å². The molecule has 1 atom stereocenters. The van der Waals surface area contributed by atoms with E-state index >= 15 is 0 Å². The predicted molar refractivity (Wildman–Crippen MR) is 77.0 cm³/mol. The summed E-state index contributed by atoms with van der Waals surface area (Å²) >= 11 is 0. The van der Waals surface area contributed by atoms with Gasteiger partial charge in [0, 0.05) is 36.1 Å². The molecule has 4 nitrogen and oxygen atoms in total. The first kappa shape index (κ1) is 13.7. The summed E-state index contributed by atoms with van der Waals surface area (Å²) in [5.74, 6) is 0. The summed E-state index contributed by atoms with van der Waals surface area (Å²) in [6.45, 7) is 9.00. The number of aryl methyl sites for hydroxylation is 4. The molecule has 0 saturated heterocycles. The van der Waals surface area contributed by atoms with Crippen molar-refractivity contribution in [1.82, 2.24) is 14.8 Å². The van der Waals surface area contributed by atoms with Crippen LogP contribution < -0.4 is 5.73 Å². The summed E-state index contributed by atoms with van der Waals surface area (Å²) < 4.78 is 2.02.